The van der Waals surface area contributed by atoms with Gasteiger partial charge < -0.3 is 23.7 Å². The van der Waals surface area contributed by atoms with Gasteiger partial charge in [0.25, 0.3) is 0 Å². The first-order chi connectivity index (χ1) is 20.1. The van der Waals surface area contributed by atoms with Gasteiger partial charge in [0.1, 0.15) is 6.10 Å². The van der Waals surface area contributed by atoms with Crippen molar-refractivity contribution in [1.29, 1.82) is 0 Å². The number of aliphatic hydroxyl groups excluding tert-OH is 1. The number of hydrogen-bond acceptors (Lipinski definition) is 6. The highest BCUT2D eigenvalue weighted by molar-refractivity contribution is 6.74. The van der Waals surface area contributed by atoms with Crippen LogP contribution < -0.4 is 0 Å². The third-order valence-corrected chi connectivity index (χ3v) is 18.1. The topological polar surface area (TPSA) is 74.2 Å². The molecule has 1 aliphatic heterocycles. The van der Waals surface area contributed by atoms with Gasteiger partial charge in [0.2, 0.25) is 0 Å². The summed E-state index contributed by atoms with van der Waals surface area (Å²) < 4.78 is 26.2. The number of carbonyl (C=O) groups excluding carboxylic acids is 1. The number of rotatable bonds is 5. The minimum atomic E-state index is -2.12. The van der Waals surface area contributed by atoms with Crippen LogP contribution in [0.25, 0.3) is 0 Å². The maximum absolute atomic E-state index is 13.0. The smallest absolute Gasteiger partial charge is 0.338 e. The van der Waals surface area contributed by atoms with Gasteiger partial charge in [0, 0.05) is 12.0 Å². The molecule has 5 fully saturated rings. The Balaban J connectivity index is 1.32. The molecule has 240 valence electrons. The van der Waals surface area contributed by atoms with Crippen LogP contribution in [0.5, 0.6) is 0 Å². The molecule has 1 aromatic rings. The Morgan fingerprint density at radius 1 is 0.977 bits per heavy atom. The van der Waals surface area contributed by atoms with Crippen molar-refractivity contribution in [3.05, 3.63) is 35.9 Å². The molecule has 0 aromatic heterocycles. The zero-order valence-electron chi connectivity index (χ0n) is 27.9. The normalized spacial score (nSPS) is 42.5. The fourth-order valence-electron chi connectivity index (χ4n) is 10.4. The lowest BCUT2D eigenvalue weighted by Gasteiger charge is -2.65. The molecule has 0 bridgehead atoms. The van der Waals surface area contributed by atoms with Crippen molar-refractivity contribution in [2.75, 3.05) is 13.2 Å². The summed E-state index contributed by atoms with van der Waals surface area (Å²) in [7, 11) is -2.12. The fourth-order valence-corrected chi connectivity index (χ4v) is 11.8. The molecular formula is C36H56O6Si. The third-order valence-electron chi connectivity index (χ3n) is 13.6. The summed E-state index contributed by atoms with van der Waals surface area (Å²) in [5.74, 6) is 0.641. The zero-order valence-corrected chi connectivity index (χ0v) is 28.9. The molecule has 0 radical (unpaired) electrons. The van der Waals surface area contributed by atoms with Gasteiger partial charge in [0.05, 0.1) is 24.9 Å². The lowest BCUT2D eigenvalue weighted by atomic mass is 9.43. The Morgan fingerprint density at radius 2 is 1.65 bits per heavy atom. The van der Waals surface area contributed by atoms with E-state index in [4.69, 9.17) is 18.6 Å². The Morgan fingerprint density at radius 3 is 2.30 bits per heavy atom. The molecule has 0 spiro atoms. The van der Waals surface area contributed by atoms with E-state index < -0.39 is 20.2 Å². The number of benzene rings is 1. The first-order valence-electron chi connectivity index (χ1n) is 17.0. The average Bonchev–Trinajstić information content (AvgIpc) is 3.52. The lowest BCUT2D eigenvalue weighted by Crippen LogP contribution is -2.65. The Kier molecular flexibility index (Phi) is 8.06. The summed E-state index contributed by atoms with van der Waals surface area (Å²) >= 11 is 0. The number of carbonyl (C=O) groups is 1. The summed E-state index contributed by atoms with van der Waals surface area (Å²) in [5, 5.41) is 12.2. The highest BCUT2D eigenvalue weighted by Gasteiger charge is 2.68. The summed E-state index contributed by atoms with van der Waals surface area (Å²) in [6.07, 6.45) is 6.16. The lowest BCUT2D eigenvalue weighted by molar-refractivity contribution is -0.243. The minimum absolute atomic E-state index is 0.0241. The third kappa shape index (κ3) is 5.27. The van der Waals surface area contributed by atoms with Crippen molar-refractivity contribution in [3.8, 4) is 0 Å². The van der Waals surface area contributed by atoms with Gasteiger partial charge in [0.15, 0.2) is 14.1 Å². The van der Waals surface area contributed by atoms with E-state index in [1.165, 1.54) is 0 Å². The van der Waals surface area contributed by atoms with Crippen LogP contribution in [0.2, 0.25) is 18.1 Å². The summed E-state index contributed by atoms with van der Waals surface area (Å²) in [4.78, 5) is 13.0. The second kappa shape index (κ2) is 10.9. The monoisotopic (exact) mass is 612 g/mol. The van der Waals surface area contributed by atoms with Gasteiger partial charge >= 0.3 is 5.97 Å². The predicted octanol–water partition coefficient (Wildman–Crippen LogP) is 7.61. The van der Waals surface area contributed by atoms with Gasteiger partial charge in [-0.3, -0.25) is 0 Å². The molecule has 6 rings (SSSR count). The summed E-state index contributed by atoms with van der Waals surface area (Å²) in [6, 6.07) is 9.32. The van der Waals surface area contributed by atoms with E-state index >= 15 is 0 Å². The molecule has 10 atom stereocenters. The minimum Gasteiger partial charge on any atom is -0.459 e. The second-order valence-electron chi connectivity index (χ2n) is 16.9. The zero-order chi connectivity index (χ0) is 31.0. The second-order valence-corrected chi connectivity index (χ2v) is 21.6. The van der Waals surface area contributed by atoms with Crippen LogP contribution in [0.15, 0.2) is 30.3 Å². The largest absolute Gasteiger partial charge is 0.459 e. The van der Waals surface area contributed by atoms with Crippen LogP contribution in [0.4, 0.5) is 0 Å². The highest BCUT2D eigenvalue weighted by atomic mass is 28.4. The van der Waals surface area contributed by atoms with E-state index in [0.717, 1.165) is 44.9 Å². The van der Waals surface area contributed by atoms with Crippen LogP contribution in [-0.2, 0) is 18.6 Å². The molecule has 1 heterocycles. The van der Waals surface area contributed by atoms with E-state index in [9.17, 15) is 9.90 Å². The molecule has 0 amide bonds. The molecule has 6 nitrogen and oxygen atoms in total. The van der Waals surface area contributed by atoms with Gasteiger partial charge in [-0.2, -0.15) is 0 Å². The molecule has 1 N–H and O–H groups in total. The molecule has 1 unspecified atom stereocenters. The number of fused-ring (bicyclic) bond motifs is 5. The first-order valence-corrected chi connectivity index (χ1v) is 19.9. The molecule has 4 aliphatic carbocycles. The van der Waals surface area contributed by atoms with Crippen molar-refractivity contribution in [3.63, 3.8) is 0 Å². The van der Waals surface area contributed by atoms with Gasteiger partial charge in [-0.1, -0.05) is 52.8 Å². The molecule has 5 aliphatic rings. The molecular weight excluding hydrogens is 556 g/mol. The van der Waals surface area contributed by atoms with Crippen molar-refractivity contribution < 1.29 is 28.5 Å². The van der Waals surface area contributed by atoms with E-state index in [1.54, 1.807) is 0 Å². The number of hydrogen-bond donors (Lipinski definition) is 1. The Bertz CT molecular complexity index is 1170. The van der Waals surface area contributed by atoms with Gasteiger partial charge in [-0.25, -0.2) is 4.79 Å². The first kappa shape index (κ1) is 31.7. The van der Waals surface area contributed by atoms with Crippen LogP contribution >= 0.6 is 0 Å². The van der Waals surface area contributed by atoms with Crippen molar-refractivity contribution in [2.24, 2.45) is 40.4 Å². The average molecular weight is 613 g/mol. The summed E-state index contributed by atoms with van der Waals surface area (Å²) in [5.41, 5.74) is 0.601. The summed E-state index contributed by atoms with van der Waals surface area (Å²) in [6.45, 7) is 20.2. The van der Waals surface area contributed by atoms with E-state index in [-0.39, 0.29) is 57.7 Å². The van der Waals surface area contributed by atoms with E-state index in [0.29, 0.717) is 24.7 Å². The Hall–Kier alpha value is -1.25. The molecule has 43 heavy (non-hydrogen) atoms. The van der Waals surface area contributed by atoms with Crippen molar-refractivity contribution in [2.45, 2.75) is 129 Å². The number of ether oxygens (including phenoxy) is 3. The SMILES string of the molecule is CC1(C2CC[C@H]3[C@H]4[C@H]([C@H](O[Si](C)(C)C(C)(C)C)C[C@]23C)[C@@]2(C)CC[C@H](OC(=O)c3ccccc3)C[C@H]2C[C@H]4O)OCCO1. The fraction of sp³-hybridized carbons (Fsp3) is 0.806. The van der Waals surface area contributed by atoms with Gasteiger partial charge in [-0.15, -0.1) is 0 Å². The molecule has 1 aromatic carbocycles. The standard InChI is InChI=1S/C36H56O6Si/c1-33(2,3)43(7,8)42-28-22-35(5)26(14-15-29(35)36(6)39-18-19-40-36)30-27(37)21-24-20-25(16-17-34(24,4)31(28)30)41-32(38)23-12-10-9-11-13-23/h9-13,24-31,37H,14-22H2,1-8H3/t24-,25-,26-,27+,28+,29?,30+,31-,34-,35-/m0/s1. The van der Waals surface area contributed by atoms with Crippen molar-refractivity contribution in [1.82, 2.24) is 0 Å². The maximum atomic E-state index is 13.0. The van der Waals surface area contributed by atoms with E-state index in [1.807, 2.05) is 30.3 Å². The van der Waals surface area contributed by atoms with Gasteiger partial charge in [-0.05, 0) is 117 Å². The molecule has 1 saturated heterocycles. The van der Waals surface area contributed by atoms with E-state index in [2.05, 4.69) is 54.6 Å². The van der Waals surface area contributed by atoms with Crippen LogP contribution in [0, 0.1) is 40.4 Å². The molecule has 7 heteroatoms. The van der Waals surface area contributed by atoms with Crippen LogP contribution in [0.3, 0.4) is 0 Å². The highest BCUT2D eigenvalue weighted by Crippen LogP contribution is 2.70. The molecule has 4 saturated carbocycles. The van der Waals surface area contributed by atoms with Crippen LogP contribution in [-0.4, -0.2) is 56.7 Å². The maximum Gasteiger partial charge on any atom is 0.338 e. The van der Waals surface area contributed by atoms with Crippen LogP contribution in [0.1, 0.15) is 96.8 Å². The number of aliphatic hydroxyl groups is 1. The van der Waals surface area contributed by atoms with Crippen molar-refractivity contribution >= 4 is 14.3 Å². The quantitative estimate of drug-likeness (QED) is 0.273. The predicted molar refractivity (Wildman–Crippen MR) is 170 cm³/mol. The Labute approximate surface area is 260 Å². The number of esters is 1.